The summed E-state index contributed by atoms with van der Waals surface area (Å²) in [6, 6.07) is 10.7. The van der Waals surface area contributed by atoms with E-state index in [0.717, 1.165) is 5.56 Å². The van der Waals surface area contributed by atoms with Crippen molar-refractivity contribution in [3.8, 4) is 5.75 Å². The highest BCUT2D eigenvalue weighted by Gasteiger charge is 2.16. The normalized spacial score (nSPS) is 12.0. The van der Waals surface area contributed by atoms with Crippen LogP contribution in [0, 0.1) is 22.9 Å². The van der Waals surface area contributed by atoms with Crippen LogP contribution in [0.15, 0.2) is 42.5 Å². The Morgan fingerprint density at radius 1 is 1.25 bits per heavy atom. The van der Waals surface area contributed by atoms with Gasteiger partial charge in [-0.3, -0.25) is 10.1 Å². The Balaban J connectivity index is 1.83. The lowest BCUT2D eigenvalue weighted by Gasteiger charge is -2.13. The highest BCUT2D eigenvalue weighted by molar-refractivity contribution is 5.48. The maximum atomic E-state index is 13.4. The van der Waals surface area contributed by atoms with Crippen molar-refractivity contribution in [2.75, 3.05) is 13.2 Å². The Labute approximate surface area is 138 Å². The van der Waals surface area contributed by atoms with Crippen LogP contribution in [0.25, 0.3) is 0 Å². The van der Waals surface area contributed by atoms with Crippen LogP contribution in [-0.4, -0.2) is 29.3 Å². The lowest BCUT2D eigenvalue weighted by molar-refractivity contribution is -0.385. The van der Waals surface area contributed by atoms with E-state index in [1.165, 1.54) is 18.2 Å². The van der Waals surface area contributed by atoms with E-state index in [1.54, 1.807) is 31.2 Å². The van der Waals surface area contributed by atoms with Crippen LogP contribution in [0.3, 0.4) is 0 Å². The molecule has 0 radical (unpaired) electrons. The summed E-state index contributed by atoms with van der Waals surface area (Å²) < 4.78 is 24.0. The second kappa shape index (κ2) is 8.37. The first-order valence-electron chi connectivity index (χ1n) is 7.34. The first-order valence-corrected chi connectivity index (χ1v) is 7.34. The summed E-state index contributed by atoms with van der Waals surface area (Å²) in [5.41, 5.74) is 1.03. The zero-order valence-electron chi connectivity index (χ0n) is 13.1. The number of halogens is 1. The number of ether oxygens (including phenoxy) is 2. The molecule has 0 bridgehead atoms. The van der Waals surface area contributed by atoms with Crippen molar-refractivity contribution in [2.24, 2.45) is 0 Å². The molecule has 0 amide bonds. The van der Waals surface area contributed by atoms with Gasteiger partial charge in [-0.05, 0) is 24.6 Å². The number of aliphatic hydroxyl groups is 1. The first-order chi connectivity index (χ1) is 11.5. The third-order valence-electron chi connectivity index (χ3n) is 3.27. The van der Waals surface area contributed by atoms with E-state index in [0.29, 0.717) is 5.56 Å². The van der Waals surface area contributed by atoms with Crippen molar-refractivity contribution >= 4 is 5.69 Å². The molecule has 0 aliphatic heterocycles. The molecule has 0 spiro atoms. The van der Waals surface area contributed by atoms with Gasteiger partial charge >= 0.3 is 5.69 Å². The molecule has 1 atom stereocenters. The van der Waals surface area contributed by atoms with Gasteiger partial charge in [0, 0.05) is 11.6 Å². The van der Waals surface area contributed by atoms with Gasteiger partial charge in [-0.2, -0.15) is 0 Å². The molecule has 0 fully saturated rings. The van der Waals surface area contributed by atoms with E-state index in [1.807, 2.05) is 0 Å². The monoisotopic (exact) mass is 335 g/mol. The fourth-order valence-electron chi connectivity index (χ4n) is 2.04. The topological polar surface area (TPSA) is 81.8 Å². The lowest BCUT2D eigenvalue weighted by Crippen LogP contribution is -2.23. The Bertz CT molecular complexity index is 707. The van der Waals surface area contributed by atoms with Gasteiger partial charge in [0.05, 0.1) is 18.1 Å². The summed E-state index contributed by atoms with van der Waals surface area (Å²) in [6.07, 6.45) is -0.989. The molecular weight excluding hydrogens is 317 g/mol. The summed E-state index contributed by atoms with van der Waals surface area (Å²) >= 11 is 0. The molecule has 0 saturated carbocycles. The quantitative estimate of drug-likeness (QED) is 0.592. The molecule has 0 aromatic heterocycles. The molecule has 7 heteroatoms. The smallest absolute Gasteiger partial charge is 0.310 e. The number of hydrogen-bond donors (Lipinski definition) is 1. The minimum absolute atomic E-state index is 0.0221. The van der Waals surface area contributed by atoms with Gasteiger partial charge in [-0.25, -0.2) is 4.39 Å². The van der Waals surface area contributed by atoms with Crippen LogP contribution < -0.4 is 4.74 Å². The molecule has 128 valence electrons. The maximum Gasteiger partial charge on any atom is 0.310 e. The average Bonchev–Trinajstić information content (AvgIpc) is 2.54. The van der Waals surface area contributed by atoms with Crippen LogP contribution >= 0.6 is 0 Å². The highest BCUT2D eigenvalue weighted by atomic mass is 19.1. The molecule has 24 heavy (non-hydrogen) atoms. The fourth-order valence-corrected chi connectivity index (χ4v) is 2.04. The van der Waals surface area contributed by atoms with Gasteiger partial charge < -0.3 is 14.6 Å². The Kier molecular flexibility index (Phi) is 6.22. The molecule has 2 rings (SSSR count). The van der Waals surface area contributed by atoms with E-state index in [2.05, 4.69) is 0 Å². The predicted molar refractivity (Wildman–Crippen MR) is 85.4 cm³/mol. The summed E-state index contributed by atoms with van der Waals surface area (Å²) in [5, 5.41) is 20.8. The summed E-state index contributed by atoms with van der Waals surface area (Å²) in [6.45, 7) is 1.56. The predicted octanol–water partition coefficient (Wildman–Crippen LogP) is 3.00. The van der Waals surface area contributed by atoms with Gasteiger partial charge in [-0.1, -0.05) is 24.3 Å². The average molecular weight is 335 g/mol. The minimum atomic E-state index is -0.989. The van der Waals surface area contributed by atoms with Gasteiger partial charge in [0.25, 0.3) is 0 Å². The van der Waals surface area contributed by atoms with Gasteiger partial charge in [-0.15, -0.1) is 0 Å². The SMILES string of the molecule is Cc1ccc([N+](=O)[O-])c(OCC(O)COCc2ccccc2F)c1. The molecule has 0 saturated heterocycles. The van der Waals surface area contributed by atoms with Crippen LogP contribution in [-0.2, 0) is 11.3 Å². The second-order valence-electron chi connectivity index (χ2n) is 5.30. The van der Waals surface area contributed by atoms with Crippen LogP contribution in [0.1, 0.15) is 11.1 Å². The third kappa shape index (κ3) is 5.00. The van der Waals surface area contributed by atoms with Crippen molar-refractivity contribution in [3.05, 3.63) is 69.5 Å². The number of nitrogens with zero attached hydrogens (tertiary/aromatic N) is 1. The van der Waals surface area contributed by atoms with E-state index < -0.39 is 11.0 Å². The summed E-state index contributed by atoms with van der Waals surface area (Å²) in [5.74, 6) is -0.285. The number of nitro groups is 1. The van der Waals surface area contributed by atoms with Gasteiger partial charge in [0.1, 0.15) is 18.5 Å². The first kappa shape index (κ1) is 17.8. The number of rotatable bonds is 8. The molecule has 6 nitrogen and oxygen atoms in total. The molecule has 1 unspecified atom stereocenters. The van der Waals surface area contributed by atoms with Crippen molar-refractivity contribution in [2.45, 2.75) is 19.6 Å². The number of aryl methyl sites for hydroxylation is 1. The van der Waals surface area contributed by atoms with Crippen molar-refractivity contribution < 1.29 is 23.9 Å². The van der Waals surface area contributed by atoms with E-state index in [4.69, 9.17) is 9.47 Å². The lowest BCUT2D eigenvalue weighted by atomic mass is 10.2. The van der Waals surface area contributed by atoms with Gasteiger partial charge in [0.15, 0.2) is 5.75 Å². The van der Waals surface area contributed by atoms with Gasteiger partial charge in [0.2, 0.25) is 0 Å². The molecule has 2 aromatic rings. The second-order valence-corrected chi connectivity index (χ2v) is 5.30. The van der Waals surface area contributed by atoms with E-state index >= 15 is 0 Å². The number of hydrogen-bond acceptors (Lipinski definition) is 5. The van der Waals surface area contributed by atoms with E-state index in [9.17, 15) is 19.6 Å². The molecule has 0 aliphatic rings. The van der Waals surface area contributed by atoms with Crippen LogP contribution in [0.5, 0.6) is 5.75 Å². The van der Waals surface area contributed by atoms with Crippen molar-refractivity contribution in [1.82, 2.24) is 0 Å². The largest absolute Gasteiger partial charge is 0.484 e. The number of nitro benzene ring substituents is 1. The van der Waals surface area contributed by atoms with Crippen LogP contribution in [0.4, 0.5) is 10.1 Å². The molecule has 0 heterocycles. The zero-order valence-corrected chi connectivity index (χ0v) is 13.1. The standard InChI is InChI=1S/C17H18FNO5/c1-12-6-7-16(19(21)22)17(8-12)24-11-14(20)10-23-9-13-4-2-3-5-15(13)18/h2-8,14,20H,9-11H2,1H3. The number of benzene rings is 2. The minimum Gasteiger partial charge on any atom is -0.484 e. The molecule has 2 aromatic carbocycles. The van der Waals surface area contributed by atoms with Crippen molar-refractivity contribution in [3.63, 3.8) is 0 Å². The fraction of sp³-hybridized carbons (Fsp3) is 0.294. The highest BCUT2D eigenvalue weighted by Crippen LogP contribution is 2.27. The Morgan fingerprint density at radius 3 is 2.71 bits per heavy atom. The van der Waals surface area contributed by atoms with E-state index in [-0.39, 0.29) is 37.1 Å². The molecule has 0 aliphatic carbocycles. The molecular formula is C17H18FNO5. The maximum absolute atomic E-state index is 13.4. The molecule has 1 N–H and O–H groups in total. The number of aliphatic hydroxyl groups excluding tert-OH is 1. The summed E-state index contributed by atoms with van der Waals surface area (Å²) in [7, 11) is 0. The third-order valence-corrected chi connectivity index (χ3v) is 3.27. The Morgan fingerprint density at radius 2 is 2.00 bits per heavy atom. The summed E-state index contributed by atoms with van der Waals surface area (Å²) in [4.78, 5) is 10.4. The van der Waals surface area contributed by atoms with Crippen LogP contribution in [0.2, 0.25) is 0 Å². The Hall–Kier alpha value is -2.51. The zero-order chi connectivity index (χ0) is 17.5. The van der Waals surface area contributed by atoms with Crippen molar-refractivity contribution in [1.29, 1.82) is 0 Å².